The molecule has 1 aliphatic heterocycles. The van der Waals surface area contributed by atoms with Crippen LogP contribution in [0, 0.1) is 11.8 Å². The fraction of sp³-hybridized carbons (Fsp3) is 0.500. The molecule has 1 amide bonds. The van der Waals surface area contributed by atoms with Gasteiger partial charge >= 0.3 is 0 Å². The molecule has 18 heavy (non-hydrogen) atoms. The fourth-order valence-electron chi connectivity index (χ4n) is 3.50. The Morgan fingerprint density at radius 2 is 1.78 bits per heavy atom. The summed E-state index contributed by atoms with van der Waals surface area (Å²) in [6.07, 6.45) is 2.39. The summed E-state index contributed by atoms with van der Waals surface area (Å²) in [6, 6.07) is 7.82. The summed E-state index contributed by atoms with van der Waals surface area (Å²) in [5.74, 6) is 1.81. The van der Waals surface area contributed by atoms with Crippen LogP contribution >= 0.6 is 12.4 Å². The van der Waals surface area contributed by atoms with E-state index >= 15 is 0 Å². The minimum absolute atomic E-state index is 0. The van der Waals surface area contributed by atoms with Crippen molar-refractivity contribution in [3.05, 3.63) is 35.4 Å². The molecule has 1 heterocycles. The summed E-state index contributed by atoms with van der Waals surface area (Å²) in [5.41, 5.74) is 7.32. The van der Waals surface area contributed by atoms with Gasteiger partial charge in [0.05, 0.1) is 0 Å². The number of nitrogens with one attached hydrogen (secondary N) is 1. The zero-order valence-corrected chi connectivity index (χ0v) is 11.1. The van der Waals surface area contributed by atoms with Crippen molar-refractivity contribution >= 4 is 18.3 Å². The van der Waals surface area contributed by atoms with Crippen molar-refractivity contribution in [2.24, 2.45) is 17.6 Å². The Kier molecular flexibility index (Phi) is 3.93. The number of amides is 1. The van der Waals surface area contributed by atoms with Crippen molar-refractivity contribution in [1.82, 2.24) is 5.32 Å². The molecule has 0 spiro atoms. The van der Waals surface area contributed by atoms with Crippen molar-refractivity contribution in [3.8, 4) is 0 Å². The summed E-state index contributed by atoms with van der Waals surface area (Å²) in [5, 5.41) is 3.44. The molecule has 3 atom stereocenters. The lowest BCUT2D eigenvalue weighted by Gasteiger charge is -2.14. The van der Waals surface area contributed by atoms with Crippen LogP contribution in [-0.2, 0) is 0 Å². The molecule has 4 heteroatoms. The molecule has 2 aliphatic rings. The Hall–Kier alpha value is -1.06. The van der Waals surface area contributed by atoms with Crippen LogP contribution < -0.4 is 11.1 Å². The number of fused-ring (bicyclic) bond motifs is 1. The highest BCUT2D eigenvalue weighted by Gasteiger charge is 2.38. The summed E-state index contributed by atoms with van der Waals surface area (Å²) in [6.45, 7) is 2.28. The molecule has 1 saturated carbocycles. The van der Waals surface area contributed by atoms with E-state index in [-0.39, 0.29) is 18.3 Å². The Bertz CT molecular complexity index is 437. The van der Waals surface area contributed by atoms with E-state index in [1.165, 1.54) is 12.8 Å². The highest BCUT2D eigenvalue weighted by Crippen LogP contribution is 2.44. The molecule has 1 unspecified atom stereocenters. The maximum absolute atomic E-state index is 11.4. The number of carbonyl (C=O) groups is 1. The lowest BCUT2D eigenvalue weighted by molar-refractivity contribution is 0.0999. The van der Waals surface area contributed by atoms with Crippen LogP contribution in [0.25, 0.3) is 0 Å². The van der Waals surface area contributed by atoms with Gasteiger partial charge in [-0.1, -0.05) is 18.2 Å². The molecule has 3 rings (SSSR count). The van der Waals surface area contributed by atoms with Crippen LogP contribution in [0.15, 0.2) is 24.3 Å². The SMILES string of the molecule is Cl.NC(=O)c1ccccc1C1C[C@H]2CNC[C@H]2C1. The second-order valence-corrected chi connectivity index (χ2v) is 5.30. The third-order valence-electron chi connectivity index (χ3n) is 4.32. The van der Waals surface area contributed by atoms with E-state index < -0.39 is 0 Å². The topological polar surface area (TPSA) is 55.1 Å². The first-order chi connectivity index (χ1) is 8.25. The van der Waals surface area contributed by atoms with Gasteiger partial charge in [-0.25, -0.2) is 0 Å². The van der Waals surface area contributed by atoms with E-state index in [1.54, 1.807) is 0 Å². The number of nitrogens with two attached hydrogens (primary N) is 1. The van der Waals surface area contributed by atoms with Crippen molar-refractivity contribution < 1.29 is 4.79 Å². The maximum Gasteiger partial charge on any atom is 0.248 e. The van der Waals surface area contributed by atoms with Crippen LogP contribution in [0.2, 0.25) is 0 Å². The zero-order chi connectivity index (χ0) is 11.8. The van der Waals surface area contributed by atoms with Crippen LogP contribution in [-0.4, -0.2) is 19.0 Å². The van der Waals surface area contributed by atoms with Crippen molar-refractivity contribution in [1.29, 1.82) is 0 Å². The van der Waals surface area contributed by atoms with Gasteiger partial charge in [-0.3, -0.25) is 4.79 Å². The minimum Gasteiger partial charge on any atom is -0.366 e. The zero-order valence-electron chi connectivity index (χ0n) is 10.3. The van der Waals surface area contributed by atoms with Gasteiger partial charge < -0.3 is 11.1 Å². The van der Waals surface area contributed by atoms with Gasteiger partial charge in [-0.2, -0.15) is 0 Å². The lowest BCUT2D eigenvalue weighted by atomic mass is 9.91. The number of carbonyl (C=O) groups excluding carboxylic acids is 1. The smallest absolute Gasteiger partial charge is 0.248 e. The maximum atomic E-state index is 11.4. The van der Waals surface area contributed by atoms with Crippen LogP contribution in [0.5, 0.6) is 0 Å². The summed E-state index contributed by atoms with van der Waals surface area (Å²) in [4.78, 5) is 11.4. The molecule has 0 aromatic heterocycles. The van der Waals surface area contributed by atoms with Gasteiger partial charge in [0.2, 0.25) is 5.91 Å². The third-order valence-corrected chi connectivity index (χ3v) is 4.32. The van der Waals surface area contributed by atoms with Crippen LogP contribution in [0.3, 0.4) is 0 Å². The molecule has 1 aliphatic carbocycles. The first-order valence-electron chi connectivity index (χ1n) is 6.35. The fourth-order valence-corrected chi connectivity index (χ4v) is 3.50. The van der Waals surface area contributed by atoms with Gasteiger partial charge in [0, 0.05) is 5.56 Å². The highest BCUT2D eigenvalue weighted by atomic mass is 35.5. The number of benzene rings is 1. The predicted molar refractivity (Wildman–Crippen MR) is 74.0 cm³/mol. The first kappa shape index (κ1) is 13.4. The second kappa shape index (κ2) is 5.29. The van der Waals surface area contributed by atoms with Gasteiger partial charge in [0.25, 0.3) is 0 Å². The number of primary amides is 1. The van der Waals surface area contributed by atoms with Crippen molar-refractivity contribution in [2.45, 2.75) is 18.8 Å². The largest absolute Gasteiger partial charge is 0.366 e. The molecule has 3 N–H and O–H groups in total. The molecule has 1 aromatic rings. The summed E-state index contributed by atoms with van der Waals surface area (Å²) in [7, 11) is 0. The molecular weight excluding hydrogens is 248 g/mol. The van der Waals surface area contributed by atoms with Gasteiger partial charge in [0.1, 0.15) is 0 Å². The molecular formula is C14H19ClN2O. The van der Waals surface area contributed by atoms with E-state index in [2.05, 4.69) is 11.4 Å². The molecule has 2 fully saturated rings. The molecule has 1 aromatic carbocycles. The first-order valence-corrected chi connectivity index (χ1v) is 6.35. The average Bonchev–Trinajstić information content (AvgIpc) is 2.88. The monoisotopic (exact) mass is 266 g/mol. The van der Waals surface area contributed by atoms with E-state index in [0.717, 1.165) is 30.5 Å². The van der Waals surface area contributed by atoms with Crippen molar-refractivity contribution in [3.63, 3.8) is 0 Å². The number of rotatable bonds is 2. The van der Waals surface area contributed by atoms with Crippen molar-refractivity contribution in [2.75, 3.05) is 13.1 Å². The molecule has 0 bridgehead atoms. The second-order valence-electron chi connectivity index (χ2n) is 5.30. The number of halogens is 1. The van der Waals surface area contributed by atoms with Crippen LogP contribution in [0.1, 0.15) is 34.7 Å². The molecule has 1 saturated heterocycles. The Balaban J connectivity index is 0.00000120. The standard InChI is InChI=1S/C14H18N2O.ClH/c15-14(17)13-4-2-1-3-12(13)9-5-10-7-16-8-11(10)6-9;/h1-4,9-11,16H,5-8H2,(H2,15,17);1H/t9?,10-,11+;. The van der Waals surface area contributed by atoms with E-state index in [9.17, 15) is 4.79 Å². The summed E-state index contributed by atoms with van der Waals surface area (Å²) >= 11 is 0. The molecule has 3 nitrogen and oxygen atoms in total. The number of hydrogen-bond donors (Lipinski definition) is 2. The normalized spacial score (nSPS) is 29.7. The van der Waals surface area contributed by atoms with E-state index in [4.69, 9.17) is 5.73 Å². The van der Waals surface area contributed by atoms with Gasteiger partial charge in [-0.05, 0) is 55.3 Å². The summed E-state index contributed by atoms with van der Waals surface area (Å²) < 4.78 is 0. The Morgan fingerprint density at radius 3 is 2.39 bits per heavy atom. The Morgan fingerprint density at radius 1 is 1.17 bits per heavy atom. The molecule has 0 radical (unpaired) electrons. The number of hydrogen-bond acceptors (Lipinski definition) is 2. The predicted octanol–water partition coefficient (Wildman–Crippen LogP) is 1.92. The molecule has 98 valence electrons. The van der Waals surface area contributed by atoms with Gasteiger partial charge in [-0.15, -0.1) is 12.4 Å². The van der Waals surface area contributed by atoms with Gasteiger partial charge in [0.15, 0.2) is 0 Å². The quantitative estimate of drug-likeness (QED) is 0.859. The Labute approximate surface area is 114 Å². The van der Waals surface area contributed by atoms with E-state index in [0.29, 0.717) is 11.5 Å². The minimum atomic E-state index is -0.296. The van der Waals surface area contributed by atoms with Crippen LogP contribution in [0.4, 0.5) is 0 Å². The third kappa shape index (κ3) is 2.25. The van der Waals surface area contributed by atoms with E-state index in [1.807, 2.05) is 18.2 Å². The average molecular weight is 267 g/mol. The lowest BCUT2D eigenvalue weighted by Crippen LogP contribution is -2.16. The highest BCUT2D eigenvalue weighted by molar-refractivity contribution is 5.94.